The third-order valence-electron chi connectivity index (χ3n) is 8.52. The van der Waals surface area contributed by atoms with E-state index in [9.17, 15) is 18.0 Å². The van der Waals surface area contributed by atoms with E-state index in [0.717, 1.165) is 23.4 Å². The van der Waals surface area contributed by atoms with Crippen molar-refractivity contribution in [2.45, 2.75) is 55.0 Å². The molecule has 8 nitrogen and oxygen atoms in total. The standard InChI is InChI=1S/C31H31F4N7O/c32-26-21(12-13-24(20-10-11-20)19-8-6-18(17-36)7-9-19)4-2-14-29(26,40)30(28(39)43)16-25(31(33,34)35)41-42(30)23-5-1-3-22(15-23)27(37)38/h1-9,14-16,20,24,26,41H,10-13,40H2,(H3,37,38)(H2,39,43). The number of hydrogen-bond acceptors (Lipinski definition) is 6. The third kappa shape index (κ3) is 5.25. The molecule has 43 heavy (non-hydrogen) atoms. The smallest absolute Gasteiger partial charge is 0.384 e. The average Bonchev–Trinajstić information content (AvgIpc) is 3.71. The fraction of sp³-hybridized carbons (Fsp3) is 0.323. The number of carbonyl (C=O) groups excluding carboxylic acids is 1. The van der Waals surface area contributed by atoms with Gasteiger partial charge in [-0.15, -0.1) is 0 Å². The predicted molar refractivity (Wildman–Crippen MR) is 154 cm³/mol. The number of rotatable bonds is 9. The van der Waals surface area contributed by atoms with Crippen LogP contribution in [0.1, 0.15) is 48.3 Å². The molecule has 5 rings (SSSR count). The lowest BCUT2D eigenvalue weighted by molar-refractivity contribution is -0.123. The van der Waals surface area contributed by atoms with E-state index in [2.05, 4.69) is 11.5 Å². The van der Waals surface area contributed by atoms with Crippen molar-refractivity contribution in [1.29, 1.82) is 10.7 Å². The largest absolute Gasteiger partial charge is 0.432 e. The van der Waals surface area contributed by atoms with Crippen LogP contribution in [-0.2, 0) is 4.79 Å². The van der Waals surface area contributed by atoms with E-state index >= 15 is 4.39 Å². The maximum atomic E-state index is 16.7. The van der Waals surface area contributed by atoms with Crippen molar-refractivity contribution in [3.63, 3.8) is 0 Å². The molecule has 12 heteroatoms. The van der Waals surface area contributed by atoms with Crippen LogP contribution in [0.5, 0.6) is 0 Å². The second-order valence-electron chi connectivity index (χ2n) is 11.2. The van der Waals surface area contributed by atoms with E-state index in [1.54, 1.807) is 12.1 Å². The van der Waals surface area contributed by atoms with Crippen LogP contribution in [-0.4, -0.2) is 35.2 Å². The summed E-state index contributed by atoms with van der Waals surface area (Å²) in [6.07, 6.45) is 0.424. The average molecular weight is 594 g/mol. The van der Waals surface area contributed by atoms with Crippen LogP contribution in [0.4, 0.5) is 23.2 Å². The van der Waals surface area contributed by atoms with E-state index in [4.69, 9.17) is 27.9 Å². The minimum absolute atomic E-state index is 0.0295. The third-order valence-corrected chi connectivity index (χ3v) is 8.52. The number of nitrogens with two attached hydrogens (primary N) is 3. The van der Waals surface area contributed by atoms with Crippen molar-refractivity contribution in [1.82, 2.24) is 5.43 Å². The quantitative estimate of drug-likeness (QED) is 0.165. The number of hydrazine groups is 1. The van der Waals surface area contributed by atoms with Gasteiger partial charge in [-0.2, -0.15) is 18.4 Å². The highest BCUT2D eigenvalue weighted by molar-refractivity contribution is 5.98. The minimum Gasteiger partial charge on any atom is -0.384 e. The molecule has 2 aromatic rings. The molecular weight excluding hydrogens is 562 g/mol. The van der Waals surface area contributed by atoms with Crippen molar-refractivity contribution in [2.24, 2.45) is 23.1 Å². The highest BCUT2D eigenvalue weighted by atomic mass is 19.4. The Morgan fingerprint density at radius 1 is 1.19 bits per heavy atom. The first-order valence-corrected chi connectivity index (χ1v) is 13.7. The van der Waals surface area contributed by atoms with Gasteiger partial charge in [-0.3, -0.25) is 20.6 Å². The zero-order valence-corrected chi connectivity index (χ0v) is 23.0. The summed E-state index contributed by atoms with van der Waals surface area (Å²) in [5.41, 5.74) is 16.0. The molecule has 1 amide bonds. The summed E-state index contributed by atoms with van der Waals surface area (Å²) in [5, 5.41) is 17.7. The number of alkyl halides is 4. The Morgan fingerprint density at radius 2 is 1.88 bits per heavy atom. The summed E-state index contributed by atoms with van der Waals surface area (Å²) < 4.78 is 59.0. The lowest BCUT2D eigenvalue weighted by Crippen LogP contribution is -2.76. The number of primary amides is 1. The van der Waals surface area contributed by atoms with Gasteiger partial charge in [0, 0.05) is 5.56 Å². The van der Waals surface area contributed by atoms with Crippen LogP contribution in [0.15, 0.2) is 84.1 Å². The number of nitriles is 1. The molecule has 1 saturated carbocycles. The highest BCUT2D eigenvalue weighted by Crippen LogP contribution is 2.49. The number of carbonyl (C=O) groups is 1. The molecule has 224 valence electrons. The number of amides is 1. The number of nitrogens with zero attached hydrogens (tertiary/aromatic N) is 2. The monoisotopic (exact) mass is 593 g/mol. The van der Waals surface area contributed by atoms with Gasteiger partial charge in [0.25, 0.3) is 5.91 Å². The van der Waals surface area contributed by atoms with Crippen molar-refractivity contribution in [3.05, 3.63) is 101 Å². The number of halogens is 4. The Labute approximate surface area is 246 Å². The fourth-order valence-corrected chi connectivity index (χ4v) is 6.09. The van der Waals surface area contributed by atoms with Crippen LogP contribution in [0, 0.1) is 22.7 Å². The molecule has 3 aliphatic rings. The maximum Gasteiger partial charge on any atom is 0.432 e. The molecule has 0 spiro atoms. The normalized spacial score (nSPS) is 25.8. The molecule has 0 saturated heterocycles. The van der Waals surface area contributed by atoms with E-state index in [-0.39, 0.29) is 35.0 Å². The van der Waals surface area contributed by atoms with Crippen LogP contribution < -0.4 is 27.6 Å². The van der Waals surface area contributed by atoms with Crippen LogP contribution in [0.25, 0.3) is 0 Å². The molecule has 1 aliphatic heterocycles. The molecule has 4 unspecified atom stereocenters. The zero-order valence-electron chi connectivity index (χ0n) is 23.0. The number of nitrogens with one attached hydrogen (secondary N) is 2. The molecule has 1 heterocycles. The van der Waals surface area contributed by atoms with Gasteiger partial charge < -0.3 is 17.2 Å². The number of hydrogen-bond donors (Lipinski definition) is 5. The van der Waals surface area contributed by atoms with Crippen LogP contribution >= 0.6 is 0 Å². The predicted octanol–water partition coefficient (Wildman–Crippen LogP) is 4.34. The van der Waals surface area contributed by atoms with E-state index in [0.29, 0.717) is 24.0 Å². The Bertz CT molecular complexity index is 1570. The van der Waals surface area contributed by atoms with Crippen LogP contribution in [0.2, 0.25) is 0 Å². The summed E-state index contributed by atoms with van der Waals surface area (Å²) in [5.74, 6) is -1.20. The Hall–Kier alpha value is -4.63. The van der Waals surface area contributed by atoms with Crippen molar-refractivity contribution in [2.75, 3.05) is 5.01 Å². The lowest BCUT2D eigenvalue weighted by Gasteiger charge is -2.49. The Kier molecular flexibility index (Phi) is 7.56. The van der Waals surface area contributed by atoms with Gasteiger partial charge in [0.05, 0.1) is 17.3 Å². The number of benzene rings is 2. The molecular formula is C31H31F4N7O. The Balaban J connectivity index is 1.51. The number of amidine groups is 1. The minimum atomic E-state index is -4.95. The van der Waals surface area contributed by atoms with Gasteiger partial charge in [0.15, 0.2) is 5.54 Å². The lowest BCUT2D eigenvalue weighted by atomic mass is 9.68. The summed E-state index contributed by atoms with van der Waals surface area (Å²) in [6, 6.07) is 14.9. The summed E-state index contributed by atoms with van der Waals surface area (Å²) in [7, 11) is 0. The first-order chi connectivity index (χ1) is 20.3. The molecule has 2 aromatic carbocycles. The van der Waals surface area contributed by atoms with Gasteiger partial charge in [0.2, 0.25) is 0 Å². The molecule has 0 bridgehead atoms. The maximum absolute atomic E-state index is 16.7. The number of nitrogen functional groups attached to an aromatic ring is 1. The molecule has 8 N–H and O–H groups in total. The number of allylic oxidation sites excluding steroid dienone is 3. The molecule has 0 radical (unpaired) electrons. The van der Waals surface area contributed by atoms with Gasteiger partial charge in [-0.25, -0.2) is 4.39 Å². The Morgan fingerprint density at radius 3 is 2.47 bits per heavy atom. The second-order valence-corrected chi connectivity index (χ2v) is 11.2. The second kappa shape index (κ2) is 10.9. The van der Waals surface area contributed by atoms with Gasteiger partial charge in [-0.1, -0.05) is 42.5 Å². The molecule has 4 atom stereocenters. The zero-order chi connectivity index (χ0) is 31.2. The first kappa shape index (κ1) is 29.8. The van der Waals surface area contributed by atoms with Crippen LogP contribution in [0.3, 0.4) is 0 Å². The summed E-state index contributed by atoms with van der Waals surface area (Å²) >= 11 is 0. The van der Waals surface area contributed by atoms with Crippen molar-refractivity contribution in [3.8, 4) is 6.07 Å². The highest BCUT2D eigenvalue weighted by Gasteiger charge is 2.65. The molecule has 2 aliphatic carbocycles. The fourth-order valence-electron chi connectivity index (χ4n) is 6.09. The van der Waals surface area contributed by atoms with E-state index in [1.807, 2.05) is 12.1 Å². The SMILES string of the molecule is N#Cc1ccc(C(CCC2=CC=CC(N)(C3(C(N)=O)C=C(C(F)(F)F)NN3c3cccc(C(=N)N)c3)C2F)C2CC2)cc1. The number of anilines is 1. The first-order valence-electron chi connectivity index (χ1n) is 13.7. The van der Waals surface area contributed by atoms with Gasteiger partial charge in [0.1, 0.15) is 23.2 Å². The van der Waals surface area contributed by atoms with Crippen molar-refractivity contribution >= 4 is 17.4 Å². The topological polar surface area (TPSA) is 158 Å². The summed E-state index contributed by atoms with van der Waals surface area (Å²) in [4.78, 5) is 13.3. The molecule has 1 fully saturated rings. The van der Waals surface area contributed by atoms with Gasteiger partial charge >= 0.3 is 6.18 Å². The van der Waals surface area contributed by atoms with E-state index in [1.165, 1.54) is 42.5 Å². The summed E-state index contributed by atoms with van der Waals surface area (Å²) in [6.45, 7) is 0. The van der Waals surface area contributed by atoms with E-state index < -0.39 is 35.0 Å². The molecule has 0 aromatic heterocycles. The van der Waals surface area contributed by atoms with Crippen molar-refractivity contribution < 1.29 is 22.4 Å². The van der Waals surface area contributed by atoms with Gasteiger partial charge in [-0.05, 0) is 79.0 Å².